The fourth-order valence-corrected chi connectivity index (χ4v) is 3.43. The van der Waals surface area contributed by atoms with Crippen LogP contribution in [0.4, 0.5) is 23.2 Å². The van der Waals surface area contributed by atoms with Crippen molar-refractivity contribution >= 4 is 23.4 Å². The summed E-state index contributed by atoms with van der Waals surface area (Å²) in [5, 5.41) is 10.6. The van der Waals surface area contributed by atoms with Crippen LogP contribution < -0.4 is 5.32 Å². The van der Waals surface area contributed by atoms with E-state index in [1.54, 1.807) is 28.8 Å². The van der Waals surface area contributed by atoms with Crippen molar-refractivity contribution in [2.24, 2.45) is 0 Å². The Kier molecular flexibility index (Phi) is 6.56. The molecule has 3 rings (SSSR count). The molecule has 0 atom stereocenters. The highest BCUT2D eigenvalue weighted by atomic mass is 32.2. The lowest BCUT2D eigenvalue weighted by molar-refractivity contribution is -0.137. The zero-order valence-electron chi connectivity index (χ0n) is 15.5. The molecule has 10 heteroatoms. The topological polar surface area (TPSA) is 59.8 Å². The number of para-hydroxylation sites is 1. The molecule has 5 nitrogen and oxygen atoms in total. The van der Waals surface area contributed by atoms with E-state index in [4.69, 9.17) is 0 Å². The number of benzene rings is 2. The van der Waals surface area contributed by atoms with Crippen molar-refractivity contribution in [3.63, 3.8) is 0 Å². The number of rotatable bonds is 7. The summed E-state index contributed by atoms with van der Waals surface area (Å²) in [5.74, 6) is -1.07. The zero-order chi connectivity index (χ0) is 21.7. The van der Waals surface area contributed by atoms with Gasteiger partial charge in [0.25, 0.3) is 0 Å². The lowest BCUT2D eigenvalue weighted by Crippen LogP contribution is -2.18. The van der Waals surface area contributed by atoms with Crippen molar-refractivity contribution in [1.82, 2.24) is 14.8 Å². The Morgan fingerprint density at radius 2 is 1.83 bits per heavy atom. The van der Waals surface area contributed by atoms with Crippen LogP contribution in [0.5, 0.6) is 0 Å². The summed E-state index contributed by atoms with van der Waals surface area (Å²) >= 11 is 0.975. The van der Waals surface area contributed by atoms with E-state index < -0.39 is 23.5 Å². The van der Waals surface area contributed by atoms with Crippen LogP contribution in [0.15, 0.2) is 66.3 Å². The van der Waals surface area contributed by atoms with Crippen molar-refractivity contribution in [1.29, 1.82) is 0 Å². The van der Waals surface area contributed by atoms with Crippen molar-refractivity contribution < 1.29 is 22.4 Å². The number of aromatic nitrogens is 3. The number of alkyl halides is 3. The van der Waals surface area contributed by atoms with Crippen LogP contribution in [0.3, 0.4) is 0 Å². The molecule has 0 bridgehead atoms. The van der Waals surface area contributed by atoms with Crippen LogP contribution in [0.2, 0.25) is 0 Å². The van der Waals surface area contributed by atoms with Crippen LogP contribution in [-0.2, 0) is 17.5 Å². The van der Waals surface area contributed by atoms with Gasteiger partial charge in [0.1, 0.15) is 5.82 Å². The lowest BCUT2D eigenvalue weighted by atomic mass is 10.1. The molecule has 3 aromatic rings. The molecule has 0 saturated carbocycles. The predicted octanol–water partition coefficient (Wildman–Crippen LogP) is 5.02. The predicted molar refractivity (Wildman–Crippen MR) is 106 cm³/mol. The van der Waals surface area contributed by atoms with Crippen molar-refractivity contribution in [2.45, 2.75) is 17.9 Å². The van der Waals surface area contributed by atoms with E-state index in [1.807, 2.05) is 0 Å². The number of nitrogens with one attached hydrogen (secondary N) is 1. The molecule has 1 heterocycles. The maximum Gasteiger partial charge on any atom is 0.418 e. The first-order chi connectivity index (χ1) is 14.3. The van der Waals surface area contributed by atoms with Crippen LogP contribution >= 0.6 is 11.8 Å². The maximum atomic E-state index is 14.1. The van der Waals surface area contributed by atoms with Crippen molar-refractivity contribution in [2.75, 3.05) is 11.1 Å². The van der Waals surface area contributed by atoms with Gasteiger partial charge in [-0.1, -0.05) is 42.1 Å². The molecule has 1 amide bonds. The van der Waals surface area contributed by atoms with Gasteiger partial charge in [-0.05, 0) is 24.3 Å². The van der Waals surface area contributed by atoms with E-state index in [-0.39, 0.29) is 29.4 Å². The quantitative estimate of drug-likeness (QED) is 0.321. The number of allylic oxidation sites excluding steroid dienone is 1. The number of carbonyl (C=O) groups is 1. The largest absolute Gasteiger partial charge is 0.418 e. The summed E-state index contributed by atoms with van der Waals surface area (Å²) in [7, 11) is 0. The van der Waals surface area contributed by atoms with Gasteiger partial charge >= 0.3 is 6.18 Å². The summed E-state index contributed by atoms with van der Waals surface area (Å²) in [6.45, 7) is 3.91. The molecule has 156 valence electrons. The minimum absolute atomic E-state index is 0.210. The van der Waals surface area contributed by atoms with Gasteiger partial charge in [0.2, 0.25) is 5.91 Å². The molecule has 1 N–H and O–H groups in total. The highest BCUT2D eigenvalue weighted by Gasteiger charge is 2.33. The lowest BCUT2D eigenvalue weighted by Gasteiger charge is -2.13. The van der Waals surface area contributed by atoms with E-state index in [1.165, 1.54) is 24.3 Å². The van der Waals surface area contributed by atoms with Crippen molar-refractivity contribution in [3.05, 3.63) is 72.6 Å². The molecule has 0 saturated heterocycles. The molecule has 1 aromatic heterocycles. The number of nitrogens with zero attached hydrogens (tertiary/aromatic N) is 3. The average molecular weight is 436 g/mol. The second-order valence-electron chi connectivity index (χ2n) is 6.07. The summed E-state index contributed by atoms with van der Waals surface area (Å²) in [6, 6.07) is 10.8. The van der Waals surface area contributed by atoms with E-state index in [9.17, 15) is 22.4 Å². The van der Waals surface area contributed by atoms with Crippen LogP contribution in [0.1, 0.15) is 5.56 Å². The molecule has 0 unspecified atom stereocenters. The number of hydrogen-bond acceptors (Lipinski definition) is 4. The molecular weight excluding hydrogens is 420 g/mol. The fraction of sp³-hybridized carbons (Fsp3) is 0.150. The number of anilines is 1. The Bertz CT molecular complexity index is 1060. The van der Waals surface area contributed by atoms with E-state index >= 15 is 0 Å². The second-order valence-corrected chi connectivity index (χ2v) is 7.01. The third kappa shape index (κ3) is 4.88. The Labute approximate surface area is 173 Å². The van der Waals surface area contributed by atoms with Crippen LogP contribution in [0, 0.1) is 5.82 Å². The summed E-state index contributed by atoms with van der Waals surface area (Å²) in [6.07, 6.45) is -3.02. The first-order valence-electron chi connectivity index (χ1n) is 8.69. The van der Waals surface area contributed by atoms with Gasteiger partial charge in [-0.2, -0.15) is 13.2 Å². The SMILES string of the molecule is C=CCn1c(SCC(=O)Nc2ccccc2C(F)(F)F)nnc1-c1ccccc1F. The van der Waals surface area contributed by atoms with E-state index in [0.717, 1.165) is 17.8 Å². The van der Waals surface area contributed by atoms with E-state index in [2.05, 4.69) is 22.1 Å². The highest BCUT2D eigenvalue weighted by Crippen LogP contribution is 2.34. The highest BCUT2D eigenvalue weighted by molar-refractivity contribution is 7.99. The Balaban J connectivity index is 1.76. The summed E-state index contributed by atoms with van der Waals surface area (Å²) in [5.41, 5.74) is -1.02. The van der Waals surface area contributed by atoms with E-state index in [0.29, 0.717) is 5.16 Å². The fourth-order valence-electron chi connectivity index (χ4n) is 2.69. The minimum Gasteiger partial charge on any atom is -0.325 e. The average Bonchev–Trinajstić information content (AvgIpc) is 3.09. The van der Waals surface area contributed by atoms with Crippen LogP contribution in [0.25, 0.3) is 11.4 Å². The Hall–Kier alpha value is -3.14. The molecule has 2 aromatic carbocycles. The Morgan fingerprint density at radius 3 is 2.53 bits per heavy atom. The summed E-state index contributed by atoms with van der Waals surface area (Å²) < 4.78 is 54.9. The molecule has 0 aliphatic carbocycles. The second kappa shape index (κ2) is 9.12. The van der Waals surface area contributed by atoms with Gasteiger partial charge in [0.15, 0.2) is 11.0 Å². The first kappa shape index (κ1) is 21.6. The third-order valence-corrected chi connectivity index (χ3v) is 4.95. The van der Waals surface area contributed by atoms with Gasteiger partial charge in [0.05, 0.1) is 22.6 Å². The number of amides is 1. The number of halogens is 4. The molecule has 0 fully saturated rings. The normalized spacial score (nSPS) is 11.3. The van der Waals surface area contributed by atoms with Gasteiger partial charge in [-0.3, -0.25) is 9.36 Å². The number of thioether (sulfide) groups is 1. The number of carbonyl (C=O) groups excluding carboxylic acids is 1. The maximum absolute atomic E-state index is 14.1. The first-order valence-corrected chi connectivity index (χ1v) is 9.67. The number of hydrogen-bond donors (Lipinski definition) is 1. The van der Waals surface area contributed by atoms with Gasteiger partial charge in [-0.15, -0.1) is 16.8 Å². The Morgan fingerprint density at radius 1 is 1.13 bits per heavy atom. The monoisotopic (exact) mass is 436 g/mol. The van der Waals surface area contributed by atoms with Gasteiger partial charge < -0.3 is 5.32 Å². The minimum atomic E-state index is -4.59. The summed E-state index contributed by atoms with van der Waals surface area (Å²) in [4.78, 5) is 12.2. The standard InChI is InChI=1S/C20H16F4N4OS/c1-2-11-28-18(13-7-3-5-9-15(13)21)26-27-19(28)30-12-17(29)25-16-10-6-4-8-14(16)20(22,23)24/h2-10H,1,11-12H2,(H,25,29). The molecule has 0 radical (unpaired) electrons. The van der Waals surface area contributed by atoms with Crippen LogP contribution in [-0.4, -0.2) is 26.4 Å². The zero-order valence-corrected chi connectivity index (χ0v) is 16.3. The van der Waals surface area contributed by atoms with Gasteiger partial charge in [0, 0.05) is 6.54 Å². The van der Waals surface area contributed by atoms with Gasteiger partial charge in [-0.25, -0.2) is 4.39 Å². The van der Waals surface area contributed by atoms with Crippen molar-refractivity contribution in [3.8, 4) is 11.4 Å². The molecule has 30 heavy (non-hydrogen) atoms. The molecule has 0 spiro atoms. The third-order valence-electron chi connectivity index (χ3n) is 3.98. The molecule has 0 aliphatic heterocycles. The molecule has 0 aliphatic rings. The smallest absolute Gasteiger partial charge is 0.325 e. The molecular formula is C20H16F4N4OS.